The molecule has 0 spiro atoms. The molecule has 2 atom stereocenters. The monoisotopic (exact) mass is 530 g/mol. The van der Waals surface area contributed by atoms with Crippen LogP contribution >= 0.6 is 0 Å². The van der Waals surface area contributed by atoms with E-state index in [4.69, 9.17) is 4.74 Å². The highest BCUT2D eigenvalue weighted by atomic mass is 16.6. The Hall–Kier alpha value is -4.44. The molecule has 1 saturated heterocycles. The number of nitro groups is 1. The largest absolute Gasteiger partial charge is 0.444 e. The van der Waals surface area contributed by atoms with Gasteiger partial charge in [0.2, 0.25) is 0 Å². The lowest BCUT2D eigenvalue weighted by atomic mass is 9.99. The second kappa shape index (κ2) is 11.1. The van der Waals surface area contributed by atoms with Gasteiger partial charge in [0.1, 0.15) is 12.3 Å². The smallest absolute Gasteiger partial charge is 0.414 e. The Kier molecular flexibility index (Phi) is 7.47. The standard InChI is InChI=1S/C29H30N4O6/c1-19(27(34)20-7-3-2-4-8-20)30-28(35)21-11-12-25(26(17-21)33(37)38)31-15-13-23(14-16-31)32-24-10-6-5-9-22(24)18-39-29(32)36/h2-12,17,19,23,27,34H,13-16,18H2,1H3,(H,30,35)/t19-,27-/m1/s1. The molecule has 2 aliphatic rings. The number of rotatable bonds is 7. The Morgan fingerprint density at radius 2 is 1.74 bits per heavy atom. The minimum atomic E-state index is -0.921. The second-order valence-corrected chi connectivity index (χ2v) is 9.85. The molecule has 2 amide bonds. The van der Waals surface area contributed by atoms with Gasteiger partial charge in [0.25, 0.3) is 11.6 Å². The predicted molar refractivity (Wildman–Crippen MR) is 146 cm³/mol. The molecule has 3 aromatic carbocycles. The normalized spacial score (nSPS) is 17.1. The van der Waals surface area contributed by atoms with Crippen LogP contribution in [0.15, 0.2) is 72.8 Å². The first kappa shape index (κ1) is 26.2. The summed E-state index contributed by atoms with van der Waals surface area (Å²) in [6.07, 6.45) is -0.0786. The third kappa shape index (κ3) is 5.42. The third-order valence-corrected chi connectivity index (χ3v) is 7.38. The highest BCUT2D eigenvalue weighted by molar-refractivity contribution is 5.96. The summed E-state index contributed by atoms with van der Waals surface area (Å²) in [5.41, 5.74) is 2.86. The number of nitro benzene ring substituents is 1. The van der Waals surface area contributed by atoms with E-state index in [0.717, 1.165) is 11.3 Å². The van der Waals surface area contributed by atoms with E-state index in [9.17, 15) is 24.8 Å². The summed E-state index contributed by atoms with van der Waals surface area (Å²) < 4.78 is 5.37. The molecule has 10 heteroatoms. The van der Waals surface area contributed by atoms with Crippen LogP contribution in [0.4, 0.5) is 21.9 Å². The van der Waals surface area contributed by atoms with Gasteiger partial charge in [0, 0.05) is 36.3 Å². The molecular formula is C29H30N4O6. The van der Waals surface area contributed by atoms with Crippen molar-refractivity contribution in [1.29, 1.82) is 0 Å². The topological polar surface area (TPSA) is 125 Å². The number of anilines is 2. The number of para-hydroxylation sites is 1. The quantitative estimate of drug-likeness (QED) is 0.339. The van der Waals surface area contributed by atoms with Gasteiger partial charge in [-0.3, -0.25) is 19.8 Å². The maximum absolute atomic E-state index is 12.9. The maximum atomic E-state index is 12.9. The van der Waals surface area contributed by atoms with Crippen LogP contribution in [0.5, 0.6) is 0 Å². The predicted octanol–water partition coefficient (Wildman–Crippen LogP) is 4.57. The van der Waals surface area contributed by atoms with Crippen molar-refractivity contribution in [3.05, 3.63) is 99.6 Å². The molecule has 39 heavy (non-hydrogen) atoms. The first-order chi connectivity index (χ1) is 18.8. The third-order valence-electron chi connectivity index (χ3n) is 7.38. The van der Waals surface area contributed by atoms with Gasteiger partial charge >= 0.3 is 6.09 Å². The van der Waals surface area contributed by atoms with Gasteiger partial charge in [0.05, 0.1) is 22.8 Å². The SMILES string of the molecule is C[C@@H](NC(=O)c1ccc(N2CCC(N3C(=O)OCc4ccccc43)CC2)c([N+](=O)[O-])c1)[C@@H](O)c1ccccc1. The Morgan fingerprint density at radius 3 is 2.46 bits per heavy atom. The number of nitrogens with zero attached hydrogens (tertiary/aromatic N) is 3. The first-order valence-corrected chi connectivity index (χ1v) is 12.9. The van der Waals surface area contributed by atoms with Crippen LogP contribution in [0.2, 0.25) is 0 Å². The van der Waals surface area contributed by atoms with E-state index in [0.29, 0.717) is 37.2 Å². The van der Waals surface area contributed by atoms with Gasteiger partial charge in [-0.2, -0.15) is 0 Å². The molecule has 10 nitrogen and oxygen atoms in total. The number of aliphatic hydroxyl groups excluding tert-OH is 1. The minimum absolute atomic E-state index is 0.0863. The van der Waals surface area contributed by atoms with E-state index in [1.165, 1.54) is 6.07 Å². The molecular weight excluding hydrogens is 500 g/mol. The zero-order valence-electron chi connectivity index (χ0n) is 21.5. The van der Waals surface area contributed by atoms with E-state index in [-0.39, 0.29) is 30.0 Å². The molecule has 5 rings (SSSR count). The average Bonchev–Trinajstić information content (AvgIpc) is 2.97. The van der Waals surface area contributed by atoms with Crippen molar-refractivity contribution >= 4 is 29.1 Å². The fourth-order valence-electron chi connectivity index (χ4n) is 5.27. The second-order valence-electron chi connectivity index (χ2n) is 9.85. The Labute approximate surface area is 226 Å². The van der Waals surface area contributed by atoms with Crippen molar-refractivity contribution in [3.8, 4) is 0 Å². The zero-order chi connectivity index (χ0) is 27.5. The summed E-state index contributed by atoms with van der Waals surface area (Å²) in [6, 6.07) is 20.4. The van der Waals surface area contributed by atoms with Crippen LogP contribution in [0.25, 0.3) is 0 Å². The fraction of sp³-hybridized carbons (Fsp3) is 0.310. The lowest BCUT2D eigenvalue weighted by Gasteiger charge is -2.40. The van der Waals surface area contributed by atoms with Crippen LogP contribution in [-0.2, 0) is 11.3 Å². The van der Waals surface area contributed by atoms with Crippen LogP contribution in [0.3, 0.4) is 0 Å². The number of cyclic esters (lactones) is 1. The molecule has 0 saturated carbocycles. The number of fused-ring (bicyclic) bond motifs is 1. The van der Waals surface area contributed by atoms with Gasteiger partial charge in [-0.15, -0.1) is 0 Å². The van der Waals surface area contributed by atoms with Gasteiger partial charge in [-0.05, 0) is 43.5 Å². The molecule has 0 aromatic heterocycles. The van der Waals surface area contributed by atoms with Crippen LogP contribution in [0, 0.1) is 10.1 Å². The molecule has 2 aliphatic heterocycles. The van der Waals surface area contributed by atoms with Crippen molar-refractivity contribution in [3.63, 3.8) is 0 Å². The number of hydrogen-bond donors (Lipinski definition) is 2. The first-order valence-electron chi connectivity index (χ1n) is 12.9. The number of carbonyl (C=O) groups is 2. The molecule has 3 aromatic rings. The number of aliphatic hydroxyl groups is 1. The summed E-state index contributed by atoms with van der Waals surface area (Å²) in [7, 11) is 0. The molecule has 0 aliphatic carbocycles. The van der Waals surface area contributed by atoms with E-state index >= 15 is 0 Å². The molecule has 202 valence electrons. The average molecular weight is 531 g/mol. The summed E-state index contributed by atoms with van der Waals surface area (Å²) in [4.78, 5) is 40.6. The van der Waals surface area contributed by atoms with Gasteiger partial charge in [-0.25, -0.2) is 4.79 Å². The van der Waals surface area contributed by atoms with Gasteiger partial charge < -0.3 is 20.1 Å². The van der Waals surface area contributed by atoms with Crippen molar-refractivity contribution < 1.29 is 24.4 Å². The van der Waals surface area contributed by atoms with Crippen LogP contribution in [-0.4, -0.2) is 47.2 Å². The number of carbonyl (C=O) groups excluding carboxylic acids is 2. The summed E-state index contributed by atoms with van der Waals surface area (Å²) >= 11 is 0. The molecule has 0 unspecified atom stereocenters. The fourth-order valence-corrected chi connectivity index (χ4v) is 5.27. The molecule has 0 bridgehead atoms. The van der Waals surface area contributed by atoms with Crippen molar-refractivity contribution in [2.75, 3.05) is 22.9 Å². The summed E-state index contributed by atoms with van der Waals surface area (Å²) in [5, 5.41) is 25.3. The number of nitrogens with one attached hydrogen (secondary N) is 1. The highest BCUT2D eigenvalue weighted by Crippen LogP contribution is 2.35. The minimum Gasteiger partial charge on any atom is -0.444 e. The van der Waals surface area contributed by atoms with Gasteiger partial charge in [0.15, 0.2) is 0 Å². The van der Waals surface area contributed by atoms with E-state index in [2.05, 4.69) is 5.32 Å². The van der Waals surface area contributed by atoms with Crippen molar-refractivity contribution in [1.82, 2.24) is 5.32 Å². The van der Waals surface area contributed by atoms with Crippen LogP contribution < -0.4 is 15.1 Å². The Morgan fingerprint density at radius 1 is 1.05 bits per heavy atom. The number of hydrogen-bond acceptors (Lipinski definition) is 7. The van der Waals surface area contributed by atoms with Crippen molar-refractivity contribution in [2.24, 2.45) is 0 Å². The molecule has 0 radical (unpaired) electrons. The number of benzene rings is 3. The maximum Gasteiger partial charge on any atom is 0.414 e. The number of amides is 2. The van der Waals surface area contributed by atoms with Crippen LogP contribution in [0.1, 0.15) is 47.4 Å². The van der Waals surface area contributed by atoms with E-state index in [1.807, 2.05) is 35.2 Å². The summed E-state index contributed by atoms with van der Waals surface area (Å²) in [6.45, 7) is 2.94. The highest BCUT2D eigenvalue weighted by Gasteiger charge is 2.35. The zero-order valence-corrected chi connectivity index (χ0v) is 21.5. The molecule has 2 heterocycles. The lowest BCUT2D eigenvalue weighted by Crippen LogP contribution is -2.49. The van der Waals surface area contributed by atoms with E-state index < -0.39 is 23.0 Å². The Bertz CT molecular complexity index is 1370. The van der Waals surface area contributed by atoms with E-state index in [1.54, 1.807) is 48.2 Å². The Balaban J connectivity index is 1.28. The van der Waals surface area contributed by atoms with Crippen molar-refractivity contribution in [2.45, 2.75) is 44.6 Å². The molecule has 1 fully saturated rings. The number of ether oxygens (including phenoxy) is 1. The number of piperidine rings is 1. The summed E-state index contributed by atoms with van der Waals surface area (Å²) in [5.74, 6) is -0.506. The van der Waals surface area contributed by atoms with Gasteiger partial charge in [-0.1, -0.05) is 48.5 Å². The molecule has 2 N–H and O–H groups in total. The lowest BCUT2D eigenvalue weighted by molar-refractivity contribution is -0.384.